The smallest absolute Gasteiger partial charge is 0.358 e. The molecular weight excluding hydrogens is 299 g/mol. The molecule has 2 heterocycles. The molecule has 0 N–H and O–H groups in total. The molecule has 21 heavy (non-hydrogen) atoms. The van der Waals surface area contributed by atoms with Crippen LogP contribution in [0.15, 0.2) is 6.20 Å². The van der Waals surface area contributed by atoms with Crippen molar-refractivity contribution in [3.63, 3.8) is 0 Å². The normalized spacial score (nSPS) is 14.6. The summed E-state index contributed by atoms with van der Waals surface area (Å²) in [5.41, 5.74) is 1.01. The van der Waals surface area contributed by atoms with E-state index >= 15 is 0 Å². The molecule has 0 bridgehead atoms. The Morgan fingerprint density at radius 1 is 1.10 bits per heavy atom. The van der Waals surface area contributed by atoms with Crippen molar-refractivity contribution in [2.75, 3.05) is 33.2 Å². The second kappa shape index (κ2) is 14.5. The summed E-state index contributed by atoms with van der Waals surface area (Å²) in [6, 6.07) is 0. The third kappa shape index (κ3) is 8.57. The number of nitrogens with zero attached hydrogens (tertiary/aromatic N) is 4. The molecule has 1 aromatic rings. The molecule has 1 radical (unpaired) electrons. The first kappa shape index (κ1) is 25.5. The van der Waals surface area contributed by atoms with Crippen molar-refractivity contribution in [1.29, 1.82) is 0 Å². The molecule has 1 aliphatic rings. The number of piperazine rings is 1. The third-order valence-corrected chi connectivity index (χ3v) is 3.08. The summed E-state index contributed by atoms with van der Waals surface area (Å²) >= 11 is 0. The van der Waals surface area contributed by atoms with Gasteiger partial charge in [-0.25, -0.2) is 6.92 Å². The molecule has 0 unspecified atom stereocenters. The van der Waals surface area contributed by atoms with E-state index in [1.807, 2.05) is 40.8 Å². The van der Waals surface area contributed by atoms with E-state index in [0.29, 0.717) is 0 Å². The molecule has 0 saturated carbocycles. The molecule has 0 aromatic carbocycles. The first-order valence-electron chi connectivity index (χ1n) is 7.42. The minimum absolute atomic E-state index is 0. The number of likely N-dealkylation sites (N-methyl/N-ethyl adjacent to an activating group) is 1. The molecule has 1 aromatic heterocycles. The zero-order valence-corrected chi connectivity index (χ0v) is 16.5. The fourth-order valence-corrected chi connectivity index (χ4v) is 1.90. The van der Waals surface area contributed by atoms with E-state index in [2.05, 4.69) is 33.3 Å². The van der Waals surface area contributed by atoms with Gasteiger partial charge < -0.3 is 21.9 Å². The SMILES string of the molecule is CC.CC.[CH2-]c1cnc(C)n1CN1CCN(C)CC1.[CH3-].[V+2]. The van der Waals surface area contributed by atoms with Crippen LogP contribution in [-0.2, 0) is 25.2 Å². The van der Waals surface area contributed by atoms with Crippen molar-refractivity contribution in [3.8, 4) is 0 Å². The largest absolute Gasteiger partial charge is 2.00 e. The van der Waals surface area contributed by atoms with Crippen molar-refractivity contribution >= 4 is 0 Å². The maximum atomic E-state index is 4.26. The molecule has 0 amide bonds. The van der Waals surface area contributed by atoms with Crippen molar-refractivity contribution < 1.29 is 18.6 Å². The molecule has 1 saturated heterocycles. The minimum Gasteiger partial charge on any atom is -0.358 e. The topological polar surface area (TPSA) is 24.3 Å². The summed E-state index contributed by atoms with van der Waals surface area (Å²) < 4.78 is 2.17. The van der Waals surface area contributed by atoms with Crippen LogP contribution in [0.5, 0.6) is 0 Å². The Balaban J connectivity index is -0.000000499. The van der Waals surface area contributed by atoms with Gasteiger partial charge in [0.15, 0.2) is 0 Å². The zero-order chi connectivity index (χ0) is 14.8. The van der Waals surface area contributed by atoms with Crippen molar-refractivity contribution in [2.24, 2.45) is 0 Å². The summed E-state index contributed by atoms with van der Waals surface area (Å²) in [4.78, 5) is 9.07. The van der Waals surface area contributed by atoms with E-state index in [9.17, 15) is 0 Å². The summed E-state index contributed by atoms with van der Waals surface area (Å²) in [6.45, 7) is 19.5. The van der Waals surface area contributed by atoms with Crippen LogP contribution >= 0.6 is 0 Å². The average molecular weight is 333 g/mol. The summed E-state index contributed by atoms with van der Waals surface area (Å²) in [7, 11) is 2.17. The van der Waals surface area contributed by atoms with Gasteiger partial charge in [-0.2, -0.15) is 0 Å². The number of aryl methyl sites for hydroxylation is 1. The Kier molecular flexibility index (Phi) is 17.7. The van der Waals surface area contributed by atoms with E-state index in [4.69, 9.17) is 0 Å². The molecule has 5 heteroatoms. The fourth-order valence-electron chi connectivity index (χ4n) is 1.90. The standard InChI is InChI=1S/C11H19N4.2C2H6.CH3.V/c1-10-8-12-11(2)15(10)9-14-6-4-13(3)5-7-14;2*1-2;;/h8H,1,4-7,9H2,2-3H3;2*1-2H3;1H3;/q-1;;;-1;+2. The minimum atomic E-state index is 0. The van der Waals surface area contributed by atoms with Crippen molar-refractivity contribution in [1.82, 2.24) is 19.4 Å². The Morgan fingerprint density at radius 3 is 1.95 bits per heavy atom. The van der Waals surface area contributed by atoms with Crippen LogP contribution < -0.4 is 0 Å². The van der Waals surface area contributed by atoms with Gasteiger partial charge in [-0.3, -0.25) is 4.90 Å². The second-order valence-electron chi connectivity index (χ2n) is 4.29. The first-order valence-corrected chi connectivity index (χ1v) is 7.42. The number of aromatic nitrogens is 2. The Bertz CT molecular complexity index is 312. The maximum absolute atomic E-state index is 4.26. The molecule has 0 atom stereocenters. The molecule has 1 fully saturated rings. The number of hydrogen-bond donors (Lipinski definition) is 0. The Labute approximate surface area is 144 Å². The van der Waals surface area contributed by atoms with Gasteiger partial charge in [0, 0.05) is 26.2 Å². The summed E-state index contributed by atoms with van der Waals surface area (Å²) in [5.74, 6) is 1.05. The van der Waals surface area contributed by atoms with E-state index in [1.165, 1.54) is 0 Å². The Morgan fingerprint density at radius 2 is 1.57 bits per heavy atom. The molecule has 4 nitrogen and oxygen atoms in total. The predicted molar refractivity (Wildman–Crippen MR) is 89.6 cm³/mol. The number of imidazole rings is 1. The molecule has 0 aliphatic carbocycles. The van der Waals surface area contributed by atoms with Crippen LogP contribution in [0.3, 0.4) is 0 Å². The zero-order valence-electron chi connectivity index (χ0n) is 15.1. The van der Waals surface area contributed by atoms with Crippen molar-refractivity contribution in [2.45, 2.75) is 41.3 Å². The number of hydrogen-bond acceptors (Lipinski definition) is 3. The van der Waals surface area contributed by atoms with Crippen LogP contribution in [-0.4, -0.2) is 52.6 Å². The first-order chi connectivity index (χ1) is 9.16. The fraction of sp³-hybridized carbons (Fsp3) is 0.688. The quantitative estimate of drug-likeness (QED) is 0.778. The van der Waals surface area contributed by atoms with Crippen LogP contribution in [0.25, 0.3) is 0 Å². The van der Waals surface area contributed by atoms with Gasteiger partial charge in [0.1, 0.15) is 0 Å². The van der Waals surface area contributed by atoms with E-state index in [1.54, 1.807) is 0 Å². The van der Waals surface area contributed by atoms with Crippen LogP contribution in [0.1, 0.15) is 39.2 Å². The van der Waals surface area contributed by atoms with E-state index in [0.717, 1.165) is 44.4 Å². The van der Waals surface area contributed by atoms with Crippen LogP contribution in [0.2, 0.25) is 0 Å². The second-order valence-corrected chi connectivity index (χ2v) is 4.29. The van der Waals surface area contributed by atoms with Gasteiger partial charge in [0.2, 0.25) is 0 Å². The van der Waals surface area contributed by atoms with Crippen LogP contribution in [0, 0.1) is 21.3 Å². The molecular formula is C16H34N4V. The van der Waals surface area contributed by atoms with E-state index < -0.39 is 0 Å². The van der Waals surface area contributed by atoms with Gasteiger partial charge in [0.25, 0.3) is 0 Å². The molecule has 1 aliphatic heterocycles. The predicted octanol–water partition coefficient (Wildman–Crippen LogP) is 3.08. The summed E-state index contributed by atoms with van der Waals surface area (Å²) in [5, 5.41) is 0. The average Bonchev–Trinajstić information content (AvgIpc) is 2.77. The van der Waals surface area contributed by atoms with Crippen LogP contribution in [0.4, 0.5) is 0 Å². The Hall–Kier alpha value is -0.416. The van der Waals surface area contributed by atoms with Gasteiger partial charge in [-0.15, -0.1) is 5.69 Å². The third-order valence-electron chi connectivity index (χ3n) is 3.08. The van der Waals surface area contributed by atoms with Gasteiger partial charge in [-0.1, -0.05) is 33.9 Å². The van der Waals surface area contributed by atoms with Crippen molar-refractivity contribution in [3.05, 3.63) is 32.1 Å². The molecule has 123 valence electrons. The van der Waals surface area contributed by atoms with Gasteiger partial charge in [-0.05, 0) is 14.0 Å². The van der Waals surface area contributed by atoms with Gasteiger partial charge in [0.05, 0.1) is 12.5 Å². The van der Waals surface area contributed by atoms with E-state index in [-0.39, 0.29) is 26.0 Å². The maximum Gasteiger partial charge on any atom is 2.00 e. The summed E-state index contributed by atoms with van der Waals surface area (Å²) in [6.07, 6.45) is 1.84. The molecule has 0 spiro atoms. The molecule has 2 rings (SSSR count). The number of rotatable bonds is 2. The van der Waals surface area contributed by atoms with Gasteiger partial charge >= 0.3 is 18.6 Å². The monoisotopic (exact) mass is 333 g/mol.